The molecule has 2 atom stereocenters. The second-order valence-electron chi connectivity index (χ2n) is 9.39. The van der Waals surface area contributed by atoms with Crippen LogP contribution in [-0.4, -0.2) is 11.9 Å². The van der Waals surface area contributed by atoms with Gasteiger partial charge in [-0.2, -0.15) is 0 Å². The summed E-state index contributed by atoms with van der Waals surface area (Å²) in [5, 5.41) is 0. The predicted molar refractivity (Wildman–Crippen MR) is 148 cm³/mol. The molecular formula is C30H44N2O5. The first-order valence-corrected chi connectivity index (χ1v) is 13.6. The SMILES string of the molecule is CCC(CC)C(=O)OC(CC)c1cc(N)ccc1Oc1ccc(N)cc1C(CC)OC(=O)C(CC)CC. The summed E-state index contributed by atoms with van der Waals surface area (Å²) in [5.74, 6) is 0.281. The molecule has 0 amide bonds. The Labute approximate surface area is 221 Å². The maximum Gasteiger partial charge on any atom is 0.309 e. The van der Waals surface area contributed by atoms with Gasteiger partial charge in [0.25, 0.3) is 0 Å². The Balaban J connectivity index is 2.45. The van der Waals surface area contributed by atoms with Crippen LogP contribution < -0.4 is 16.2 Å². The van der Waals surface area contributed by atoms with Crippen molar-refractivity contribution in [2.45, 2.75) is 92.3 Å². The summed E-state index contributed by atoms with van der Waals surface area (Å²) in [4.78, 5) is 25.5. The number of esters is 2. The molecule has 2 unspecified atom stereocenters. The molecule has 0 bridgehead atoms. The lowest BCUT2D eigenvalue weighted by Crippen LogP contribution is -2.20. The van der Waals surface area contributed by atoms with Crippen LogP contribution in [0.4, 0.5) is 11.4 Å². The van der Waals surface area contributed by atoms with Crippen LogP contribution >= 0.6 is 0 Å². The Morgan fingerprint density at radius 3 is 1.27 bits per heavy atom. The van der Waals surface area contributed by atoms with E-state index in [1.807, 2.05) is 41.5 Å². The lowest BCUT2D eigenvalue weighted by molar-refractivity contribution is -0.155. The second kappa shape index (κ2) is 14.5. The molecule has 0 saturated carbocycles. The predicted octanol–water partition coefficient (Wildman–Crippen LogP) is 7.50. The number of hydrogen-bond donors (Lipinski definition) is 2. The highest BCUT2D eigenvalue weighted by Gasteiger charge is 2.27. The lowest BCUT2D eigenvalue weighted by atomic mass is 10.0. The Kier molecular flexibility index (Phi) is 11.8. The quantitative estimate of drug-likeness (QED) is 0.199. The molecule has 0 aromatic heterocycles. The molecule has 2 rings (SSSR count). The maximum absolute atomic E-state index is 12.8. The van der Waals surface area contributed by atoms with Crippen LogP contribution in [0.5, 0.6) is 11.5 Å². The van der Waals surface area contributed by atoms with Crippen LogP contribution in [0.3, 0.4) is 0 Å². The molecule has 0 heterocycles. The van der Waals surface area contributed by atoms with Crippen LogP contribution in [0.25, 0.3) is 0 Å². The van der Waals surface area contributed by atoms with Gasteiger partial charge in [-0.1, -0.05) is 41.5 Å². The van der Waals surface area contributed by atoms with Crippen molar-refractivity contribution < 1.29 is 23.8 Å². The third-order valence-electron chi connectivity index (χ3n) is 6.88. The van der Waals surface area contributed by atoms with Crippen LogP contribution in [0.15, 0.2) is 36.4 Å². The number of rotatable bonds is 14. The van der Waals surface area contributed by atoms with E-state index in [0.29, 0.717) is 46.8 Å². The van der Waals surface area contributed by atoms with E-state index >= 15 is 0 Å². The number of nitrogens with two attached hydrogens (primary N) is 2. The van der Waals surface area contributed by atoms with Gasteiger partial charge >= 0.3 is 11.9 Å². The van der Waals surface area contributed by atoms with Gasteiger partial charge < -0.3 is 25.7 Å². The minimum Gasteiger partial charge on any atom is -0.457 e. The van der Waals surface area contributed by atoms with Gasteiger partial charge in [0.05, 0.1) is 11.8 Å². The van der Waals surface area contributed by atoms with Gasteiger partial charge in [0, 0.05) is 22.5 Å². The summed E-state index contributed by atoms with van der Waals surface area (Å²) >= 11 is 0. The van der Waals surface area contributed by atoms with Gasteiger partial charge in [-0.3, -0.25) is 9.59 Å². The molecule has 0 fully saturated rings. The topological polar surface area (TPSA) is 114 Å². The van der Waals surface area contributed by atoms with Gasteiger partial charge in [-0.15, -0.1) is 0 Å². The number of nitrogen functional groups attached to an aromatic ring is 2. The lowest BCUT2D eigenvalue weighted by Gasteiger charge is -2.25. The zero-order valence-corrected chi connectivity index (χ0v) is 23.2. The fourth-order valence-corrected chi connectivity index (χ4v) is 4.39. The fraction of sp³-hybridized carbons (Fsp3) is 0.533. The Morgan fingerprint density at radius 2 is 0.973 bits per heavy atom. The minimum atomic E-state index is -0.515. The highest BCUT2D eigenvalue weighted by Crippen LogP contribution is 2.40. The van der Waals surface area contributed by atoms with E-state index in [-0.39, 0.29) is 23.8 Å². The van der Waals surface area contributed by atoms with Gasteiger partial charge in [0.1, 0.15) is 23.7 Å². The average molecular weight is 513 g/mol. The van der Waals surface area contributed by atoms with Crippen molar-refractivity contribution >= 4 is 23.3 Å². The van der Waals surface area contributed by atoms with Crippen molar-refractivity contribution in [3.8, 4) is 11.5 Å². The molecule has 0 saturated heterocycles. The normalized spacial score (nSPS) is 12.9. The van der Waals surface area contributed by atoms with E-state index in [1.54, 1.807) is 36.4 Å². The van der Waals surface area contributed by atoms with E-state index in [2.05, 4.69) is 0 Å². The first kappa shape index (κ1) is 30.0. The molecule has 2 aromatic rings. The zero-order chi connectivity index (χ0) is 27.5. The number of hydrogen-bond acceptors (Lipinski definition) is 7. The summed E-state index contributed by atoms with van der Waals surface area (Å²) in [5.41, 5.74) is 14.7. The molecule has 37 heavy (non-hydrogen) atoms. The smallest absolute Gasteiger partial charge is 0.309 e. The minimum absolute atomic E-state index is 0.154. The highest BCUT2D eigenvalue weighted by atomic mass is 16.6. The molecular weight excluding hydrogens is 468 g/mol. The Morgan fingerprint density at radius 1 is 0.622 bits per heavy atom. The molecule has 0 aliphatic rings. The fourth-order valence-electron chi connectivity index (χ4n) is 4.39. The standard InChI is InChI=1S/C30H44N2O5/c1-7-19(8-2)29(33)36-25(11-5)23-17-21(31)13-15-27(23)35-28-16-14-22(32)18-24(28)26(12-6)37-30(34)20(9-3)10-4/h13-20,25-26H,7-12,31-32H2,1-6H3. The number of carbonyl (C=O) groups is 2. The van der Waals surface area contributed by atoms with Gasteiger partial charge in [0.2, 0.25) is 0 Å². The van der Waals surface area contributed by atoms with Crippen LogP contribution in [0.2, 0.25) is 0 Å². The van der Waals surface area contributed by atoms with E-state index in [9.17, 15) is 9.59 Å². The van der Waals surface area contributed by atoms with Crippen molar-refractivity contribution in [3.63, 3.8) is 0 Å². The van der Waals surface area contributed by atoms with E-state index in [0.717, 1.165) is 25.7 Å². The third kappa shape index (κ3) is 7.88. The van der Waals surface area contributed by atoms with Gasteiger partial charge in [0.15, 0.2) is 0 Å². The Bertz CT molecular complexity index is 949. The van der Waals surface area contributed by atoms with Crippen molar-refractivity contribution in [1.82, 2.24) is 0 Å². The number of ether oxygens (including phenoxy) is 3. The zero-order valence-electron chi connectivity index (χ0n) is 23.2. The number of benzene rings is 2. The van der Waals surface area contributed by atoms with E-state index < -0.39 is 12.2 Å². The highest BCUT2D eigenvalue weighted by molar-refractivity contribution is 5.73. The monoisotopic (exact) mass is 512 g/mol. The Hall–Kier alpha value is -3.22. The first-order valence-electron chi connectivity index (χ1n) is 13.6. The third-order valence-corrected chi connectivity index (χ3v) is 6.88. The van der Waals surface area contributed by atoms with Crippen molar-refractivity contribution in [2.24, 2.45) is 11.8 Å². The van der Waals surface area contributed by atoms with Crippen LogP contribution in [-0.2, 0) is 19.1 Å². The number of carbonyl (C=O) groups excluding carboxylic acids is 2. The van der Waals surface area contributed by atoms with Gasteiger partial charge in [-0.05, 0) is 74.9 Å². The summed E-state index contributed by atoms with van der Waals surface area (Å²) in [6.45, 7) is 11.8. The summed E-state index contributed by atoms with van der Waals surface area (Å²) < 4.78 is 18.3. The van der Waals surface area contributed by atoms with Crippen LogP contribution in [0.1, 0.15) is 103 Å². The van der Waals surface area contributed by atoms with E-state index in [1.165, 1.54) is 0 Å². The molecule has 0 radical (unpaired) electrons. The second-order valence-corrected chi connectivity index (χ2v) is 9.39. The van der Waals surface area contributed by atoms with Crippen molar-refractivity contribution in [2.75, 3.05) is 11.5 Å². The summed E-state index contributed by atoms with van der Waals surface area (Å²) in [7, 11) is 0. The number of anilines is 2. The first-order chi connectivity index (χ1) is 17.7. The average Bonchev–Trinajstić information content (AvgIpc) is 2.89. The van der Waals surface area contributed by atoms with Crippen molar-refractivity contribution in [1.29, 1.82) is 0 Å². The summed E-state index contributed by atoms with van der Waals surface area (Å²) in [6, 6.07) is 10.6. The van der Waals surface area contributed by atoms with Gasteiger partial charge in [-0.25, -0.2) is 0 Å². The summed E-state index contributed by atoms with van der Waals surface area (Å²) in [6.07, 6.45) is 2.96. The molecule has 0 aliphatic heterocycles. The molecule has 2 aromatic carbocycles. The largest absolute Gasteiger partial charge is 0.457 e. The molecule has 0 spiro atoms. The van der Waals surface area contributed by atoms with Crippen LogP contribution in [0, 0.1) is 11.8 Å². The molecule has 4 N–H and O–H groups in total. The molecule has 7 heteroatoms. The molecule has 204 valence electrons. The van der Waals surface area contributed by atoms with Crippen molar-refractivity contribution in [3.05, 3.63) is 47.5 Å². The molecule has 7 nitrogen and oxygen atoms in total. The molecule has 0 aliphatic carbocycles. The maximum atomic E-state index is 12.8. The van der Waals surface area contributed by atoms with E-state index in [4.69, 9.17) is 25.7 Å².